The van der Waals surface area contributed by atoms with Crippen molar-refractivity contribution in [1.29, 1.82) is 0 Å². The molecule has 0 spiro atoms. The number of rotatable bonds is 6. The first-order chi connectivity index (χ1) is 11.7. The minimum absolute atomic E-state index is 0.0352. The summed E-state index contributed by atoms with van der Waals surface area (Å²) in [6.07, 6.45) is 0.807. The van der Waals surface area contributed by atoms with Gasteiger partial charge in [0.1, 0.15) is 12.3 Å². The first kappa shape index (κ1) is 16.1. The van der Waals surface area contributed by atoms with Gasteiger partial charge in [0.15, 0.2) is 0 Å². The van der Waals surface area contributed by atoms with Crippen molar-refractivity contribution in [2.75, 3.05) is 13.7 Å². The SMILES string of the molecule is COc1ccc(CCNC(=O)Cn2c(C)cc3ccccc32)cc1. The molecule has 0 aliphatic carbocycles. The number of para-hydroxylation sites is 1. The van der Waals surface area contributed by atoms with Gasteiger partial charge < -0.3 is 14.6 Å². The molecule has 0 saturated carbocycles. The second kappa shape index (κ2) is 7.21. The molecule has 3 rings (SSSR count). The van der Waals surface area contributed by atoms with E-state index in [-0.39, 0.29) is 5.91 Å². The Kier molecular flexibility index (Phi) is 4.85. The highest BCUT2D eigenvalue weighted by Crippen LogP contribution is 2.18. The van der Waals surface area contributed by atoms with E-state index in [0.29, 0.717) is 13.1 Å². The fourth-order valence-electron chi connectivity index (χ4n) is 2.90. The van der Waals surface area contributed by atoms with E-state index in [4.69, 9.17) is 4.74 Å². The van der Waals surface area contributed by atoms with Crippen LogP contribution >= 0.6 is 0 Å². The summed E-state index contributed by atoms with van der Waals surface area (Å²) in [5, 5.41) is 4.17. The van der Waals surface area contributed by atoms with Crippen molar-refractivity contribution in [3.63, 3.8) is 0 Å². The number of methoxy groups -OCH3 is 1. The number of aromatic nitrogens is 1. The maximum Gasteiger partial charge on any atom is 0.239 e. The fraction of sp³-hybridized carbons (Fsp3) is 0.250. The topological polar surface area (TPSA) is 43.3 Å². The Bertz CT molecular complexity index is 834. The van der Waals surface area contributed by atoms with Crippen LogP contribution in [0.1, 0.15) is 11.3 Å². The Labute approximate surface area is 142 Å². The van der Waals surface area contributed by atoms with Crippen LogP contribution in [0.4, 0.5) is 0 Å². The summed E-state index contributed by atoms with van der Waals surface area (Å²) >= 11 is 0. The lowest BCUT2D eigenvalue weighted by Crippen LogP contribution is -2.29. The lowest BCUT2D eigenvalue weighted by atomic mass is 10.1. The van der Waals surface area contributed by atoms with Crippen LogP contribution in [0.2, 0.25) is 0 Å². The van der Waals surface area contributed by atoms with E-state index in [9.17, 15) is 4.79 Å². The van der Waals surface area contributed by atoms with Crippen molar-refractivity contribution in [2.45, 2.75) is 19.9 Å². The third kappa shape index (κ3) is 3.59. The van der Waals surface area contributed by atoms with Gasteiger partial charge in [-0.25, -0.2) is 0 Å². The van der Waals surface area contributed by atoms with Crippen LogP contribution in [0, 0.1) is 6.92 Å². The van der Waals surface area contributed by atoms with E-state index in [1.807, 2.05) is 49.4 Å². The smallest absolute Gasteiger partial charge is 0.239 e. The van der Waals surface area contributed by atoms with Gasteiger partial charge in [0.05, 0.1) is 7.11 Å². The largest absolute Gasteiger partial charge is 0.497 e. The van der Waals surface area contributed by atoms with Crippen molar-refractivity contribution in [1.82, 2.24) is 9.88 Å². The van der Waals surface area contributed by atoms with Gasteiger partial charge in [-0.15, -0.1) is 0 Å². The zero-order valence-corrected chi connectivity index (χ0v) is 14.1. The molecule has 3 aromatic rings. The van der Waals surface area contributed by atoms with Gasteiger partial charge in [0, 0.05) is 17.8 Å². The number of carbonyl (C=O) groups excluding carboxylic acids is 1. The average molecular weight is 322 g/mol. The molecule has 124 valence electrons. The summed E-state index contributed by atoms with van der Waals surface area (Å²) in [7, 11) is 1.65. The predicted octanol–water partition coefficient (Wildman–Crippen LogP) is 3.32. The van der Waals surface area contributed by atoms with E-state index in [1.165, 1.54) is 10.9 Å². The van der Waals surface area contributed by atoms with Crippen molar-refractivity contribution < 1.29 is 9.53 Å². The molecule has 4 nitrogen and oxygen atoms in total. The van der Waals surface area contributed by atoms with E-state index in [0.717, 1.165) is 23.4 Å². The van der Waals surface area contributed by atoms with E-state index >= 15 is 0 Å². The minimum atomic E-state index is 0.0352. The Morgan fingerprint density at radius 1 is 1.12 bits per heavy atom. The molecule has 0 unspecified atom stereocenters. The molecule has 2 aromatic carbocycles. The molecule has 1 N–H and O–H groups in total. The molecule has 1 aromatic heterocycles. The zero-order valence-electron chi connectivity index (χ0n) is 14.1. The molecule has 0 aliphatic rings. The number of carbonyl (C=O) groups is 1. The highest BCUT2D eigenvalue weighted by molar-refractivity contribution is 5.84. The normalized spacial score (nSPS) is 10.8. The molecule has 0 bridgehead atoms. The molecule has 0 saturated heterocycles. The predicted molar refractivity (Wildman–Crippen MR) is 96.4 cm³/mol. The highest BCUT2D eigenvalue weighted by atomic mass is 16.5. The van der Waals surface area contributed by atoms with Crippen molar-refractivity contribution >= 4 is 16.8 Å². The zero-order chi connectivity index (χ0) is 16.9. The molecule has 0 fully saturated rings. The third-order valence-electron chi connectivity index (χ3n) is 4.21. The van der Waals surface area contributed by atoms with Crippen LogP contribution in [-0.2, 0) is 17.8 Å². The number of aryl methyl sites for hydroxylation is 1. The number of benzene rings is 2. The Morgan fingerprint density at radius 2 is 1.88 bits per heavy atom. The number of ether oxygens (including phenoxy) is 1. The number of fused-ring (bicyclic) bond motifs is 1. The van der Waals surface area contributed by atoms with Crippen molar-refractivity contribution in [3.8, 4) is 5.75 Å². The Hall–Kier alpha value is -2.75. The van der Waals surface area contributed by atoms with Crippen molar-refractivity contribution in [2.24, 2.45) is 0 Å². The van der Waals surface area contributed by atoms with E-state index < -0.39 is 0 Å². The summed E-state index contributed by atoms with van der Waals surface area (Å²) in [4.78, 5) is 12.2. The Balaban J connectivity index is 1.56. The molecule has 24 heavy (non-hydrogen) atoms. The standard InChI is InChI=1S/C20H22N2O2/c1-15-13-17-5-3-4-6-19(17)22(15)14-20(23)21-12-11-16-7-9-18(24-2)10-8-16/h3-10,13H,11-12,14H2,1-2H3,(H,21,23). The van der Waals surface area contributed by atoms with Crippen LogP contribution in [0.15, 0.2) is 54.6 Å². The lowest BCUT2D eigenvalue weighted by Gasteiger charge is -2.10. The molecule has 0 aliphatic heterocycles. The molecular weight excluding hydrogens is 300 g/mol. The van der Waals surface area contributed by atoms with Gasteiger partial charge in [-0.2, -0.15) is 0 Å². The van der Waals surface area contributed by atoms with Crippen LogP contribution in [-0.4, -0.2) is 24.1 Å². The van der Waals surface area contributed by atoms with Gasteiger partial charge >= 0.3 is 0 Å². The second-order valence-corrected chi connectivity index (χ2v) is 5.88. The lowest BCUT2D eigenvalue weighted by molar-refractivity contribution is -0.121. The first-order valence-corrected chi connectivity index (χ1v) is 8.12. The van der Waals surface area contributed by atoms with Crippen molar-refractivity contribution in [3.05, 3.63) is 65.9 Å². The molecule has 4 heteroatoms. The summed E-state index contributed by atoms with van der Waals surface area (Å²) in [6.45, 7) is 3.01. The molecule has 0 atom stereocenters. The number of hydrogen-bond acceptors (Lipinski definition) is 2. The Morgan fingerprint density at radius 3 is 2.62 bits per heavy atom. The van der Waals surface area contributed by atoms with Gasteiger partial charge in [0.2, 0.25) is 5.91 Å². The number of nitrogens with zero attached hydrogens (tertiary/aromatic N) is 1. The molecule has 1 heterocycles. The van der Waals surface area contributed by atoms with E-state index in [2.05, 4.69) is 22.0 Å². The number of hydrogen-bond donors (Lipinski definition) is 1. The molecular formula is C20H22N2O2. The first-order valence-electron chi connectivity index (χ1n) is 8.12. The monoisotopic (exact) mass is 322 g/mol. The van der Waals surface area contributed by atoms with Gasteiger partial charge in [-0.3, -0.25) is 4.79 Å². The van der Waals surface area contributed by atoms with Gasteiger partial charge in [0.25, 0.3) is 0 Å². The fourth-order valence-corrected chi connectivity index (χ4v) is 2.90. The average Bonchev–Trinajstić information content (AvgIpc) is 2.91. The van der Waals surface area contributed by atoms with Crippen LogP contribution < -0.4 is 10.1 Å². The number of amides is 1. The molecule has 1 amide bonds. The number of nitrogens with one attached hydrogen (secondary N) is 1. The third-order valence-corrected chi connectivity index (χ3v) is 4.21. The van der Waals surface area contributed by atoms with Crippen LogP contribution in [0.25, 0.3) is 10.9 Å². The minimum Gasteiger partial charge on any atom is -0.497 e. The highest BCUT2D eigenvalue weighted by Gasteiger charge is 2.09. The summed E-state index contributed by atoms with van der Waals surface area (Å²) < 4.78 is 7.20. The maximum absolute atomic E-state index is 12.2. The summed E-state index contributed by atoms with van der Waals surface area (Å²) in [6, 6.07) is 18.2. The summed E-state index contributed by atoms with van der Waals surface area (Å²) in [5.41, 5.74) is 3.38. The van der Waals surface area contributed by atoms with Gasteiger partial charge in [-0.1, -0.05) is 30.3 Å². The van der Waals surface area contributed by atoms with E-state index in [1.54, 1.807) is 7.11 Å². The van der Waals surface area contributed by atoms with Crippen LogP contribution in [0.3, 0.4) is 0 Å². The quantitative estimate of drug-likeness (QED) is 0.756. The van der Waals surface area contributed by atoms with Gasteiger partial charge in [-0.05, 0) is 48.6 Å². The van der Waals surface area contributed by atoms with Crippen LogP contribution in [0.5, 0.6) is 5.75 Å². The molecule has 0 radical (unpaired) electrons. The summed E-state index contributed by atoms with van der Waals surface area (Å²) in [5.74, 6) is 0.880. The second-order valence-electron chi connectivity index (χ2n) is 5.88. The maximum atomic E-state index is 12.2.